The zero-order chi connectivity index (χ0) is 22.9. The molecule has 2 amide bonds. The maximum atomic E-state index is 13.4. The van der Waals surface area contributed by atoms with Crippen LogP contribution in [0, 0.1) is 0 Å². The number of amides is 2. The van der Waals surface area contributed by atoms with Gasteiger partial charge in [0.1, 0.15) is 12.6 Å². The molecule has 4 rings (SSSR count). The van der Waals surface area contributed by atoms with Crippen molar-refractivity contribution in [2.24, 2.45) is 0 Å². The highest BCUT2D eigenvalue weighted by molar-refractivity contribution is 7.89. The number of benzene rings is 1. The van der Waals surface area contributed by atoms with Gasteiger partial charge >= 0.3 is 0 Å². The standard InChI is InChI=1S/C22H28N4O4S2/c1-24(2)32(29,30)17-8-9-18-20(14-17)26(22(28)19-7-3-4-12-25(18)19)15-21(27)23-11-10-16-6-5-13-31-16/h5-6,8-9,13-14,19H,3-4,7,10-12,15H2,1-2H3,(H,23,27). The van der Waals surface area contributed by atoms with Crippen LogP contribution in [0.2, 0.25) is 0 Å². The van der Waals surface area contributed by atoms with Crippen molar-refractivity contribution in [3.63, 3.8) is 0 Å². The summed E-state index contributed by atoms with van der Waals surface area (Å²) in [6.07, 6.45) is 3.39. The number of piperidine rings is 1. The van der Waals surface area contributed by atoms with E-state index in [0.717, 1.165) is 42.2 Å². The lowest BCUT2D eigenvalue weighted by atomic mass is 9.96. The summed E-state index contributed by atoms with van der Waals surface area (Å²) in [7, 11) is -0.728. The molecule has 8 nitrogen and oxygen atoms in total. The smallest absolute Gasteiger partial charge is 0.250 e. The minimum atomic E-state index is -3.67. The molecule has 1 N–H and O–H groups in total. The van der Waals surface area contributed by atoms with Crippen LogP contribution in [0.25, 0.3) is 0 Å². The van der Waals surface area contributed by atoms with Crippen LogP contribution in [0.1, 0.15) is 24.1 Å². The Morgan fingerprint density at radius 2 is 2.03 bits per heavy atom. The highest BCUT2D eigenvalue weighted by atomic mass is 32.2. The van der Waals surface area contributed by atoms with Crippen LogP contribution in [-0.4, -0.2) is 64.3 Å². The Morgan fingerprint density at radius 1 is 1.22 bits per heavy atom. The maximum Gasteiger partial charge on any atom is 0.250 e. The molecule has 2 aliphatic heterocycles. The second kappa shape index (κ2) is 9.21. The minimum absolute atomic E-state index is 0.104. The first-order valence-corrected chi connectivity index (χ1v) is 13.0. The Bertz CT molecular complexity index is 1100. The Kier molecular flexibility index (Phi) is 6.55. The second-order valence-electron chi connectivity index (χ2n) is 8.25. The van der Waals surface area contributed by atoms with Crippen LogP contribution < -0.4 is 15.1 Å². The molecule has 1 atom stereocenters. The fourth-order valence-corrected chi connectivity index (χ4v) is 5.88. The van der Waals surface area contributed by atoms with Crippen LogP contribution in [-0.2, 0) is 26.0 Å². The lowest BCUT2D eigenvalue weighted by Gasteiger charge is -2.45. The highest BCUT2D eigenvalue weighted by Crippen LogP contribution is 2.40. The van der Waals surface area contributed by atoms with Gasteiger partial charge in [-0.25, -0.2) is 12.7 Å². The van der Waals surface area contributed by atoms with E-state index in [4.69, 9.17) is 0 Å². The van der Waals surface area contributed by atoms with E-state index in [1.54, 1.807) is 23.5 Å². The number of rotatable bonds is 7. The molecule has 0 aliphatic carbocycles. The van der Waals surface area contributed by atoms with E-state index in [2.05, 4.69) is 10.2 Å². The Hall–Kier alpha value is -2.43. The zero-order valence-corrected chi connectivity index (χ0v) is 19.9. The zero-order valence-electron chi connectivity index (χ0n) is 18.3. The summed E-state index contributed by atoms with van der Waals surface area (Å²) >= 11 is 1.64. The molecule has 1 aromatic heterocycles. The Morgan fingerprint density at radius 3 is 2.75 bits per heavy atom. The van der Waals surface area contributed by atoms with Gasteiger partial charge in [0.05, 0.1) is 16.3 Å². The number of nitrogens with one attached hydrogen (secondary N) is 1. The van der Waals surface area contributed by atoms with Gasteiger partial charge in [-0.15, -0.1) is 11.3 Å². The predicted molar refractivity (Wildman–Crippen MR) is 126 cm³/mol. The minimum Gasteiger partial charge on any atom is -0.358 e. The number of hydrogen-bond donors (Lipinski definition) is 1. The van der Waals surface area contributed by atoms with Gasteiger partial charge in [-0.3, -0.25) is 14.5 Å². The lowest BCUT2D eigenvalue weighted by Crippen LogP contribution is -2.57. The van der Waals surface area contributed by atoms with Gasteiger partial charge in [0, 0.05) is 32.1 Å². The average molecular weight is 477 g/mol. The van der Waals surface area contributed by atoms with E-state index in [0.29, 0.717) is 12.2 Å². The molecule has 1 aromatic carbocycles. The SMILES string of the molecule is CN(C)S(=O)(=O)c1ccc2c(c1)N(CC(=O)NCCc1cccs1)C(=O)C1CCCCN21. The summed E-state index contributed by atoms with van der Waals surface area (Å²) in [5.74, 6) is -0.406. The van der Waals surface area contributed by atoms with E-state index in [-0.39, 0.29) is 29.3 Å². The third-order valence-electron chi connectivity index (χ3n) is 5.95. The Balaban J connectivity index is 1.60. The summed E-state index contributed by atoms with van der Waals surface area (Å²) in [5, 5.41) is 4.88. The summed E-state index contributed by atoms with van der Waals surface area (Å²) < 4.78 is 26.5. The van der Waals surface area contributed by atoms with Crippen molar-refractivity contribution < 1.29 is 18.0 Å². The fourth-order valence-electron chi connectivity index (χ4n) is 4.25. The van der Waals surface area contributed by atoms with E-state index in [1.807, 2.05) is 17.5 Å². The summed E-state index contributed by atoms with van der Waals surface area (Å²) in [6.45, 7) is 1.09. The van der Waals surface area contributed by atoms with Gasteiger partial charge in [-0.05, 0) is 55.3 Å². The number of nitrogens with zero attached hydrogens (tertiary/aromatic N) is 3. The lowest BCUT2D eigenvalue weighted by molar-refractivity contribution is -0.124. The molecule has 0 radical (unpaired) electrons. The number of carbonyl (C=O) groups excluding carboxylic acids is 2. The van der Waals surface area contributed by atoms with Crippen molar-refractivity contribution >= 4 is 44.5 Å². The monoisotopic (exact) mass is 476 g/mol. The third kappa shape index (κ3) is 4.39. The van der Waals surface area contributed by atoms with E-state index < -0.39 is 10.0 Å². The quantitative estimate of drug-likeness (QED) is 0.661. The van der Waals surface area contributed by atoms with Crippen molar-refractivity contribution in [2.45, 2.75) is 36.6 Å². The van der Waals surface area contributed by atoms with Crippen LogP contribution in [0.15, 0.2) is 40.6 Å². The molecule has 172 valence electrons. The van der Waals surface area contributed by atoms with E-state index in [9.17, 15) is 18.0 Å². The molecule has 2 aliphatic rings. The van der Waals surface area contributed by atoms with E-state index >= 15 is 0 Å². The molecule has 1 saturated heterocycles. The van der Waals surface area contributed by atoms with Crippen LogP contribution >= 0.6 is 11.3 Å². The number of fused-ring (bicyclic) bond motifs is 3. The van der Waals surface area contributed by atoms with Crippen LogP contribution in [0.5, 0.6) is 0 Å². The molecule has 10 heteroatoms. The molecule has 2 aromatic rings. The van der Waals surface area contributed by atoms with Gasteiger partial charge < -0.3 is 10.2 Å². The number of anilines is 2. The van der Waals surface area contributed by atoms with Crippen molar-refractivity contribution in [1.82, 2.24) is 9.62 Å². The number of carbonyl (C=O) groups is 2. The summed E-state index contributed by atoms with van der Waals surface area (Å²) in [6, 6.07) is 8.54. The van der Waals surface area contributed by atoms with Gasteiger partial charge in [-0.2, -0.15) is 0 Å². The molecule has 32 heavy (non-hydrogen) atoms. The first kappa shape index (κ1) is 22.8. The Labute approximate surface area is 192 Å². The second-order valence-corrected chi connectivity index (χ2v) is 11.4. The molecule has 3 heterocycles. The largest absolute Gasteiger partial charge is 0.358 e. The highest BCUT2D eigenvalue weighted by Gasteiger charge is 2.40. The van der Waals surface area contributed by atoms with Gasteiger partial charge in [0.15, 0.2) is 0 Å². The molecule has 0 bridgehead atoms. The van der Waals surface area contributed by atoms with Gasteiger partial charge in [0.25, 0.3) is 0 Å². The normalized spacial score (nSPS) is 18.5. The van der Waals surface area contributed by atoms with Crippen molar-refractivity contribution in [2.75, 3.05) is 43.5 Å². The molecule has 1 fully saturated rings. The molecular weight excluding hydrogens is 448 g/mol. The van der Waals surface area contributed by atoms with Gasteiger partial charge in [-0.1, -0.05) is 6.07 Å². The average Bonchev–Trinajstić information content (AvgIpc) is 3.29. The van der Waals surface area contributed by atoms with Gasteiger partial charge in [0.2, 0.25) is 21.8 Å². The first-order valence-electron chi connectivity index (χ1n) is 10.7. The maximum absolute atomic E-state index is 13.4. The number of hydrogen-bond acceptors (Lipinski definition) is 6. The summed E-state index contributed by atoms with van der Waals surface area (Å²) in [4.78, 5) is 30.9. The number of thiophene rings is 1. The summed E-state index contributed by atoms with van der Waals surface area (Å²) in [5.41, 5.74) is 1.28. The fraction of sp³-hybridized carbons (Fsp3) is 0.455. The topological polar surface area (TPSA) is 90.0 Å². The third-order valence-corrected chi connectivity index (χ3v) is 8.70. The molecule has 0 spiro atoms. The van der Waals surface area contributed by atoms with Crippen molar-refractivity contribution in [3.8, 4) is 0 Å². The van der Waals surface area contributed by atoms with Crippen LogP contribution in [0.4, 0.5) is 11.4 Å². The predicted octanol–water partition coefficient (Wildman–Crippen LogP) is 2.06. The molecule has 0 saturated carbocycles. The number of sulfonamides is 1. The van der Waals surface area contributed by atoms with Crippen molar-refractivity contribution in [1.29, 1.82) is 0 Å². The molecule has 1 unspecified atom stereocenters. The van der Waals surface area contributed by atoms with Crippen molar-refractivity contribution in [3.05, 3.63) is 40.6 Å². The molecular formula is C22H28N4O4S2. The van der Waals surface area contributed by atoms with E-state index in [1.165, 1.54) is 29.9 Å². The first-order chi connectivity index (χ1) is 15.3. The van der Waals surface area contributed by atoms with Crippen LogP contribution in [0.3, 0.4) is 0 Å².